The van der Waals surface area contributed by atoms with Crippen LogP contribution in [0.1, 0.15) is 25.3 Å². The van der Waals surface area contributed by atoms with Crippen molar-refractivity contribution in [1.82, 2.24) is 10.2 Å². The minimum atomic E-state index is -4.27. The number of aliphatic imine (C=N–C) groups is 1. The molecule has 4 nitrogen and oxygen atoms in total. The third-order valence-electron chi connectivity index (χ3n) is 3.96. The Balaban J connectivity index is 1.82. The molecule has 1 aliphatic heterocycles. The molecule has 0 amide bonds. The van der Waals surface area contributed by atoms with Crippen LogP contribution in [0.4, 0.5) is 13.2 Å². The van der Waals surface area contributed by atoms with Gasteiger partial charge in [-0.3, -0.25) is 4.99 Å². The molecule has 1 aromatic carbocycles. The number of rotatable bonds is 7. The molecule has 0 unspecified atom stereocenters. The van der Waals surface area contributed by atoms with Gasteiger partial charge in [0.15, 0.2) is 5.96 Å². The van der Waals surface area contributed by atoms with Gasteiger partial charge in [-0.25, -0.2) is 0 Å². The van der Waals surface area contributed by atoms with Crippen LogP contribution in [-0.4, -0.2) is 56.4 Å². The summed E-state index contributed by atoms with van der Waals surface area (Å²) in [7, 11) is 0. The molecular formula is C19H26F3N3O. The molecule has 1 aromatic rings. The fourth-order valence-electron chi connectivity index (χ4n) is 2.74. The lowest BCUT2D eigenvalue weighted by Gasteiger charge is -2.30. The monoisotopic (exact) mass is 369 g/mol. The van der Waals surface area contributed by atoms with Crippen LogP contribution in [0.25, 0.3) is 5.57 Å². The van der Waals surface area contributed by atoms with Gasteiger partial charge in [0, 0.05) is 32.8 Å². The fourth-order valence-corrected chi connectivity index (χ4v) is 2.74. The number of nitrogens with one attached hydrogen (secondary N) is 1. The Kier molecular flexibility index (Phi) is 7.97. The molecule has 0 bridgehead atoms. The Morgan fingerprint density at radius 3 is 2.65 bits per heavy atom. The van der Waals surface area contributed by atoms with E-state index in [4.69, 9.17) is 0 Å². The van der Waals surface area contributed by atoms with Crippen molar-refractivity contribution in [3.05, 3.63) is 42.0 Å². The number of guanidine groups is 1. The van der Waals surface area contributed by atoms with Gasteiger partial charge in [0.05, 0.1) is 0 Å². The first-order valence-electron chi connectivity index (χ1n) is 8.92. The highest BCUT2D eigenvalue weighted by Gasteiger charge is 2.27. The Morgan fingerprint density at radius 1 is 1.27 bits per heavy atom. The molecular weight excluding hydrogens is 343 g/mol. The summed E-state index contributed by atoms with van der Waals surface area (Å²) in [4.78, 5) is 6.67. The summed E-state index contributed by atoms with van der Waals surface area (Å²) in [5.74, 6) is 0.798. The largest absolute Gasteiger partial charge is 0.411 e. The van der Waals surface area contributed by atoms with E-state index in [0.29, 0.717) is 13.0 Å². The van der Waals surface area contributed by atoms with Crippen LogP contribution < -0.4 is 5.32 Å². The van der Waals surface area contributed by atoms with Crippen LogP contribution in [-0.2, 0) is 4.74 Å². The smallest absolute Gasteiger partial charge is 0.372 e. The maximum absolute atomic E-state index is 12.0. The second-order valence-corrected chi connectivity index (χ2v) is 6.05. The summed E-state index contributed by atoms with van der Waals surface area (Å²) in [5.41, 5.74) is 2.58. The minimum Gasteiger partial charge on any atom is -0.372 e. The first-order chi connectivity index (χ1) is 12.5. The average molecular weight is 369 g/mol. The Bertz CT molecular complexity index is 600. The van der Waals surface area contributed by atoms with Gasteiger partial charge in [-0.2, -0.15) is 13.2 Å². The van der Waals surface area contributed by atoms with Crippen LogP contribution in [0, 0.1) is 0 Å². The lowest BCUT2D eigenvalue weighted by atomic mass is 10.00. The zero-order chi connectivity index (χ0) is 18.8. The number of hydrogen-bond acceptors (Lipinski definition) is 2. The van der Waals surface area contributed by atoms with Crippen LogP contribution in [0.15, 0.2) is 41.4 Å². The maximum Gasteiger partial charge on any atom is 0.411 e. The van der Waals surface area contributed by atoms with Crippen LogP contribution in [0.5, 0.6) is 0 Å². The van der Waals surface area contributed by atoms with Crippen molar-refractivity contribution in [2.24, 2.45) is 4.99 Å². The summed E-state index contributed by atoms with van der Waals surface area (Å²) >= 11 is 0. The molecule has 0 fully saturated rings. The quantitative estimate of drug-likeness (QED) is 0.452. The molecule has 0 aliphatic carbocycles. The van der Waals surface area contributed by atoms with E-state index in [-0.39, 0.29) is 6.61 Å². The molecule has 1 aliphatic rings. The zero-order valence-electron chi connectivity index (χ0n) is 15.1. The molecule has 7 heteroatoms. The topological polar surface area (TPSA) is 36.9 Å². The third kappa shape index (κ3) is 7.07. The second kappa shape index (κ2) is 10.2. The van der Waals surface area contributed by atoms with Gasteiger partial charge in [-0.05, 0) is 30.9 Å². The molecule has 0 aromatic heterocycles. The minimum absolute atomic E-state index is 0.0560. The summed E-state index contributed by atoms with van der Waals surface area (Å²) in [6, 6.07) is 10.3. The van der Waals surface area contributed by atoms with Crippen LogP contribution in [0.3, 0.4) is 0 Å². The molecule has 0 radical (unpaired) electrons. The molecule has 26 heavy (non-hydrogen) atoms. The van der Waals surface area contributed by atoms with E-state index in [2.05, 4.69) is 38.2 Å². The van der Waals surface area contributed by atoms with Crippen molar-refractivity contribution in [2.75, 3.05) is 39.4 Å². The van der Waals surface area contributed by atoms with Gasteiger partial charge in [-0.15, -0.1) is 0 Å². The predicted octanol–water partition coefficient (Wildman–Crippen LogP) is 3.71. The van der Waals surface area contributed by atoms with Gasteiger partial charge in [0.25, 0.3) is 0 Å². The van der Waals surface area contributed by atoms with Gasteiger partial charge in [0.1, 0.15) is 6.61 Å². The molecule has 0 atom stereocenters. The number of ether oxygens (including phenoxy) is 1. The average Bonchev–Trinajstić information content (AvgIpc) is 2.64. The van der Waals surface area contributed by atoms with Crippen molar-refractivity contribution in [3.63, 3.8) is 0 Å². The normalized spacial score (nSPS) is 15.8. The van der Waals surface area contributed by atoms with E-state index >= 15 is 0 Å². The molecule has 0 saturated heterocycles. The van der Waals surface area contributed by atoms with E-state index in [1.165, 1.54) is 11.1 Å². The first-order valence-corrected chi connectivity index (χ1v) is 8.92. The lowest BCUT2D eigenvalue weighted by molar-refractivity contribution is -0.173. The number of nitrogens with zero attached hydrogens (tertiary/aromatic N) is 2. The van der Waals surface area contributed by atoms with Crippen molar-refractivity contribution in [2.45, 2.75) is 25.9 Å². The van der Waals surface area contributed by atoms with E-state index in [0.717, 1.165) is 32.0 Å². The summed E-state index contributed by atoms with van der Waals surface area (Å²) in [5, 5.41) is 3.25. The van der Waals surface area contributed by atoms with E-state index in [1.54, 1.807) is 0 Å². The van der Waals surface area contributed by atoms with Gasteiger partial charge < -0.3 is 15.0 Å². The predicted molar refractivity (Wildman–Crippen MR) is 98.1 cm³/mol. The molecule has 2 rings (SSSR count). The van der Waals surface area contributed by atoms with Gasteiger partial charge >= 0.3 is 6.18 Å². The van der Waals surface area contributed by atoms with E-state index < -0.39 is 12.8 Å². The molecule has 0 saturated carbocycles. The highest BCUT2D eigenvalue weighted by Crippen LogP contribution is 2.22. The number of halogens is 3. The van der Waals surface area contributed by atoms with E-state index in [1.807, 2.05) is 25.1 Å². The lowest BCUT2D eigenvalue weighted by Crippen LogP contribution is -2.43. The summed E-state index contributed by atoms with van der Waals surface area (Å²) < 4.78 is 40.7. The van der Waals surface area contributed by atoms with E-state index in [9.17, 15) is 13.2 Å². The maximum atomic E-state index is 12.0. The van der Waals surface area contributed by atoms with Crippen molar-refractivity contribution in [3.8, 4) is 0 Å². The Morgan fingerprint density at radius 2 is 2.04 bits per heavy atom. The SMILES string of the molecule is CCNC(=NCCCOCC(F)(F)F)N1CC=C(c2ccccc2)CC1. The van der Waals surface area contributed by atoms with Crippen molar-refractivity contribution in [1.29, 1.82) is 0 Å². The molecule has 1 heterocycles. The molecule has 0 spiro atoms. The number of benzene rings is 1. The van der Waals surface area contributed by atoms with Crippen molar-refractivity contribution >= 4 is 11.5 Å². The van der Waals surface area contributed by atoms with Gasteiger partial charge in [0.2, 0.25) is 0 Å². The van der Waals surface area contributed by atoms with Crippen LogP contribution >= 0.6 is 0 Å². The second-order valence-electron chi connectivity index (χ2n) is 6.05. The molecule has 144 valence electrons. The Labute approximate surface area is 152 Å². The van der Waals surface area contributed by atoms with Crippen molar-refractivity contribution < 1.29 is 17.9 Å². The van der Waals surface area contributed by atoms with Gasteiger partial charge in [-0.1, -0.05) is 36.4 Å². The zero-order valence-corrected chi connectivity index (χ0v) is 15.1. The highest BCUT2D eigenvalue weighted by atomic mass is 19.4. The standard InChI is InChI=1S/C19H26F3N3O/c1-2-23-18(24-11-6-14-26-15-19(20,21)22)25-12-9-17(10-13-25)16-7-4-3-5-8-16/h3-5,7-9H,2,6,10-15H2,1H3,(H,23,24). The molecule has 1 N–H and O–H groups in total. The fraction of sp³-hybridized carbons (Fsp3) is 0.526. The summed E-state index contributed by atoms with van der Waals surface area (Å²) in [6.45, 7) is 3.66. The first kappa shape index (κ1) is 20.3. The van der Waals surface area contributed by atoms with Crippen LogP contribution in [0.2, 0.25) is 0 Å². The number of alkyl halides is 3. The summed E-state index contributed by atoms with van der Waals surface area (Å²) in [6.07, 6.45) is -0.667. The number of hydrogen-bond donors (Lipinski definition) is 1. The highest BCUT2D eigenvalue weighted by molar-refractivity contribution is 5.81. The third-order valence-corrected chi connectivity index (χ3v) is 3.96. The Hall–Kier alpha value is -2.02.